The summed E-state index contributed by atoms with van der Waals surface area (Å²) in [6.07, 6.45) is -5.30. The van der Waals surface area contributed by atoms with Crippen LogP contribution in [0.15, 0.2) is 59.0 Å². The van der Waals surface area contributed by atoms with Crippen molar-refractivity contribution in [2.75, 3.05) is 25.5 Å². The average Bonchev–Trinajstić information content (AvgIpc) is 3.28. The van der Waals surface area contributed by atoms with Crippen LogP contribution in [0, 0.1) is 11.2 Å². The molecule has 1 amide bonds. The summed E-state index contributed by atoms with van der Waals surface area (Å²) in [5.41, 5.74) is -0.616. The Morgan fingerprint density at radius 1 is 1.02 bits per heavy atom. The van der Waals surface area contributed by atoms with Crippen LogP contribution in [0.3, 0.4) is 0 Å². The smallest absolute Gasteiger partial charge is 0.394 e. The lowest BCUT2D eigenvalue weighted by Crippen LogP contribution is -2.34. The molecule has 7 nitrogen and oxygen atoms in total. The molecule has 210 valence electrons. The number of halogens is 4. The molecule has 0 fully saturated rings. The predicted octanol–water partition coefficient (Wildman–Crippen LogP) is 6.23. The Morgan fingerprint density at radius 3 is 2.35 bits per heavy atom. The Kier molecular flexibility index (Phi) is 7.97. The van der Waals surface area contributed by atoms with Gasteiger partial charge in [0.1, 0.15) is 17.4 Å². The van der Waals surface area contributed by atoms with E-state index in [4.69, 9.17) is 4.42 Å². The number of aliphatic hydroxyl groups is 1. The minimum Gasteiger partial charge on any atom is -0.437 e. The van der Waals surface area contributed by atoms with Crippen molar-refractivity contribution in [2.24, 2.45) is 5.41 Å². The second-order valence-corrected chi connectivity index (χ2v) is 9.84. The van der Waals surface area contributed by atoms with Crippen molar-refractivity contribution in [3.05, 3.63) is 71.5 Å². The minimum absolute atomic E-state index is 0.0775. The third kappa shape index (κ3) is 5.69. The van der Waals surface area contributed by atoms with Gasteiger partial charge in [-0.25, -0.2) is 4.39 Å². The molecule has 3 N–H and O–H groups in total. The number of Topliss-reactive ketones (excluding diaryl/α,β-unsaturated/α-hetero) is 1. The van der Waals surface area contributed by atoms with E-state index in [2.05, 4.69) is 15.6 Å². The minimum atomic E-state index is -4.56. The monoisotopic (exact) mass is 557 g/mol. The predicted molar refractivity (Wildman–Crippen MR) is 143 cm³/mol. The highest BCUT2D eigenvalue weighted by Gasteiger charge is 2.48. The van der Waals surface area contributed by atoms with Crippen LogP contribution in [0.5, 0.6) is 0 Å². The van der Waals surface area contributed by atoms with Crippen molar-refractivity contribution in [1.29, 1.82) is 0 Å². The molecule has 0 aliphatic rings. The molecule has 4 rings (SSSR count). The summed E-state index contributed by atoms with van der Waals surface area (Å²) in [6.45, 7) is 1.83. The molecular formula is C29H27F4N3O4. The normalized spacial score (nSPS) is 12.0. The molecule has 0 radical (unpaired) electrons. The summed E-state index contributed by atoms with van der Waals surface area (Å²) in [5, 5.41) is 15.2. The summed E-state index contributed by atoms with van der Waals surface area (Å²) >= 11 is 0. The quantitative estimate of drug-likeness (QED) is 0.167. The maximum absolute atomic E-state index is 13.6. The molecular weight excluding hydrogens is 530 g/mol. The number of aromatic nitrogens is 1. The van der Waals surface area contributed by atoms with Gasteiger partial charge in [-0.15, -0.1) is 0 Å². The van der Waals surface area contributed by atoms with Gasteiger partial charge in [0, 0.05) is 36.7 Å². The zero-order valence-electron chi connectivity index (χ0n) is 21.9. The Hall–Kier alpha value is -4.25. The van der Waals surface area contributed by atoms with Gasteiger partial charge in [0.15, 0.2) is 5.78 Å². The number of furan rings is 1. The van der Waals surface area contributed by atoms with Gasteiger partial charge in [0.05, 0.1) is 23.0 Å². The molecule has 0 spiro atoms. The van der Waals surface area contributed by atoms with E-state index in [1.165, 1.54) is 43.4 Å². The molecule has 11 heteroatoms. The summed E-state index contributed by atoms with van der Waals surface area (Å²) < 4.78 is 59.7. The molecule has 2 aromatic heterocycles. The first kappa shape index (κ1) is 28.8. The fourth-order valence-electron chi connectivity index (χ4n) is 4.17. The molecule has 0 unspecified atom stereocenters. The second-order valence-electron chi connectivity index (χ2n) is 9.84. The van der Waals surface area contributed by atoms with Crippen LogP contribution in [0.1, 0.15) is 41.0 Å². The van der Waals surface area contributed by atoms with Gasteiger partial charge in [0.25, 0.3) is 5.91 Å². The van der Waals surface area contributed by atoms with E-state index in [1.807, 2.05) is 0 Å². The number of anilines is 1. The molecule has 0 saturated carbocycles. The largest absolute Gasteiger partial charge is 0.437 e. The van der Waals surface area contributed by atoms with Gasteiger partial charge >= 0.3 is 6.18 Å². The third-order valence-electron chi connectivity index (χ3n) is 6.51. The van der Waals surface area contributed by atoms with Crippen LogP contribution >= 0.6 is 0 Å². The van der Waals surface area contributed by atoms with Gasteiger partial charge < -0.3 is 20.2 Å². The zero-order valence-corrected chi connectivity index (χ0v) is 21.9. The summed E-state index contributed by atoms with van der Waals surface area (Å²) in [6, 6.07) is 13.1. The fraction of sp³-hybridized carbons (Fsp3) is 0.276. The number of carbonyl (C=O) groups is 2. The van der Waals surface area contributed by atoms with E-state index < -0.39 is 35.5 Å². The van der Waals surface area contributed by atoms with Crippen molar-refractivity contribution < 1.29 is 36.7 Å². The number of fused-ring (bicyclic) bond motifs is 1. The van der Waals surface area contributed by atoms with Crippen LogP contribution < -0.4 is 10.6 Å². The summed E-state index contributed by atoms with van der Waals surface area (Å²) in [7, 11) is 1.44. The molecule has 0 atom stereocenters. The van der Waals surface area contributed by atoms with Crippen LogP contribution in [-0.2, 0) is 0 Å². The summed E-state index contributed by atoms with van der Waals surface area (Å²) in [4.78, 5) is 30.3. The number of pyridine rings is 1. The first-order chi connectivity index (χ1) is 18.9. The lowest BCUT2D eigenvalue weighted by molar-refractivity contribution is -0.210. The third-order valence-corrected chi connectivity index (χ3v) is 6.51. The highest BCUT2D eigenvalue weighted by molar-refractivity contribution is 6.11. The number of nitrogens with one attached hydrogen (secondary N) is 2. The first-order valence-electron chi connectivity index (χ1n) is 12.4. The maximum atomic E-state index is 13.6. The molecule has 0 bridgehead atoms. The Morgan fingerprint density at radius 2 is 1.73 bits per heavy atom. The summed E-state index contributed by atoms with van der Waals surface area (Å²) in [5.74, 6) is -1.23. The molecule has 2 aromatic carbocycles. The number of alkyl halides is 3. The van der Waals surface area contributed by atoms with E-state index in [0.29, 0.717) is 22.1 Å². The molecule has 0 saturated heterocycles. The second kappa shape index (κ2) is 11.1. The molecule has 2 heterocycles. The number of aliphatic hydroxyl groups excluding tert-OH is 1. The molecule has 40 heavy (non-hydrogen) atoms. The van der Waals surface area contributed by atoms with Gasteiger partial charge in [-0.05, 0) is 42.0 Å². The number of benzene rings is 2. The molecule has 0 aliphatic carbocycles. The van der Waals surface area contributed by atoms with E-state index in [-0.39, 0.29) is 41.6 Å². The van der Waals surface area contributed by atoms with Crippen molar-refractivity contribution in [1.82, 2.24) is 10.3 Å². The molecule has 4 aromatic rings. The van der Waals surface area contributed by atoms with Crippen molar-refractivity contribution in [3.63, 3.8) is 0 Å². The lowest BCUT2D eigenvalue weighted by atomic mass is 9.84. The van der Waals surface area contributed by atoms with Crippen LogP contribution in [0.4, 0.5) is 23.4 Å². The highest BCUT2D eigenvalue weighted by atomic mass is 19.4. The maximum Gasteiger partial charge on any atom is 0.394 e. The van der Waals surface area contributed by atoms with Crippen molar-refractivity contribution in [2.45, 2.75) is 26.4 Å². The van der Waals surface area contributed by atoms with Crippen molar-refractivity contribution >= 4 is 28.6 Å². The number of nitrogens with zero attached hydrogens (tertiary/aromatic N) is 1. The van der Waals surface area contributed by atoms with E-state index in [9.17, 15) is 32.3 Å². The number of ketones is 1. The van der Waals surface area contributed by atoms with Gasteiger partial charge in [-0.2, -0.15) is 18.2 Å². The SMILES string of the molecule is CNC(=O)c1c(-c2ccc(F)cc2)oc2nc(NCCO)c(-c3cccc(C(=O)CC(C)(C)C(F)(F)F)c3)cc12. The molecule has 0 aliphatic heterocycles. The standard InChI is InChI=1S/C29H27F4N3O4/c1-28(2,29(31,32)33)15-22(38)18-6-4-5-17(13-18)20-14-21-23(26(39)34-3)24(16-7-9-19(30)10-8-16)40-27(21)36-25(20)35-11-12-37/h4-10,13-14,37H,11-12,15H2,1-3H3,(H,34,39)(H,35,36). The van der Waals surface area contributed by atoms with Gasteiger partial charge in [-0.3, -0.25) is 9.59 Å². The number of hydrogen-bond acceptors (Lipinski definition) is 6. The highest BCUT2D eigenvalue weighted by Crippen LogP contribution is 2.42. The van der Waals surface area contributed by atoms with E-state index in [1.54, 1.807) is 18.2 Å². The zero-order chi connectivity index (χ0) is 29.2. The van der Waals surface area contributed by atoms with Crippen molar-refractivity contribution in [3.8, 4) is 22.5 Å². The van der Waals surface area contributed by atoms with Gasteiger partial charge in [-0.1, -0.05) is 32.0 Å². The van der Waals surface area contributed by atoms with E-state index >= 15 is 0 Å². The first-order valence-corrected chi connectivity index (χ1v) is 12.4. The number of rotatable bonds is 9. The van der Waals surface area contributed by atoms with Crippen LogP contribution in [-0.4, -0.2) is 48.2 Å². The Labute approximate surface area is 227 Å². The average molecular weight is 558 g/mol. The lowest BCUT2D eigenvalue weighted by Gasteiger charge is -2.26. The van der Waals surface area contributed by atoms with Crippen LogP contribution in [0.25, 0.3) is 33.6 Å². The topological polar surface area (TPSA) is 104 Å². The van der Waals surface area contributed by atoms with E-state index in [0.717, 1.165) is 13.8 Å². The Bertz CT molecular complexity index is 1560. The number of amides is 1. The fourth-order valence-corrected chi connectivity index (χ4v) is 4.17. The van der Waals surface area contributed by atoms with Gasteiger partial charge in [0.2, 0.25) is 5.71 Å². The number of carbonyl (C=O) groups excluding carboxylic acids is 2. The number of hydrogen-bond donors (Lipinski definition) is 3. The van der Waals surface area contributed by atoms with Crippen LogP contribution in [0.2, 0.25) is 0 Å². The Balaban J connectivity index is 1.88.